The molecule has 0 bridgehead atoms. The zero-order valence-corrected chi connectivity index (χ0v) is 13.8. The molecule has 1 aliphatic rings. The smallest absolute Gasteiger partial charge is 0.243 e. The van der Waals surface area contributed by atoms with E-state index in [1.165, 1.54) is 22.6 Å². The van der Waals surface area contributed by atoms with E-state index in [0.29, 0.717) is 6.54 Å². The molecule has 1 aromatic heterocycles. The molecular formula is C14H19ClN4O2S. The highest BCUT2D eigenvalue weighted by molar-refractivity contribution is 7.89. The molecule has 0 fully saturated rings. The fourth-order valence-electron chi connectivity index (χ4n) is 2.59. The third-order valence-corrected chi connectivity index (χ3v) is 5.06. The van der Waals surface area contributed by atoms with Crippen LogP contribution < -0.4 is 10.0 Å². The molecule has 1 aliphatic heterocycles. The maximum Gasteiger partial charge on any atom is 0.243 e. The van der Waals surface area contributed by atoms with Crippen LogP contribution in [0.3, 0.4) is 0 Å². The highest BCUT2D eigenvalue weighted by atomic mass is 35.5. The van der Waals surface area contributed by atoms with Gasteiger partial charge in [-0.15, -0.1) is 12.4 Å². The van der Waals surface area contributed by atoms with E-state index in [-0.39, 0.29) is 23.3 Å². The topological polar surface area (TPSA) is 76.0 Å². The third-order valence-electron chi connectivity index (χ3n) is 3.68. The summed E-state index contributed by atoms with van der Waals surface area (Å²) in [5, 5.41) is 7.25. The molecule has 0 saturated carbocycles. The SMILES string of the molecule is Cl.Cn1cc(S(=O)(=O)NCC2NCCc3ccccc32)cn1. The third kappa shape index (κ3) is 3.49. The van der Waals surface area contributed by atoms with Gasteiger partial charge in [-0.25, -0.2) is 13.1 Å². The summed E-state index contributed by atoms with van der Waals surface area (Å²) >= 11 is 0. The van der Waals surface area contributed by atoms with Gasteiger partial charge in [-0.2, -0.15) is 5.10 Å². The van der Waals surface area contributed by atoms with Crippen molar-refractivity contribution in [2.24, 2.45) is 7.05 Å². The van der Waals surface area contributed by atoms with Gasteiger partial charge >= 0.3 is 0 Å². The molecule has 2 N–H and O–H groups in total. The van der Waals surface area contributed by atoms with Crippen LogP contribution in [0.5, 0.6) is 0 Å². The van der Waals surface area contributed by atoms with Gasteiger partial charge in [-0.1, -0.05) is 24.3 Å². The monoisotopic (exact) mass is 342 g/mol. The lowest BCUT2D eigenvalue weighted by Crippen LogP contribution is -2.38. The normalized spacial score (nSPS) is 17.6. The van der Waals surface area contributed by atoms with E-state index in [2.05, 4.69) is 21.2 Å². The summed E-state index contributed by atoms with van der Waals surface area (Å²) in [7, 11) is -1.82. The van der Waals surface area contributed by atoms with Crippen molar-refractivity contribution in [1.82, 2.24) is 19.8 Å². The number of rotatable bonds is 4. The van der Waals surface area contributed by atoms with Crippen LogP contribution in [0.25, 0.3) is 0 Å². The van der Waals surface area contributed by atoms with E-state index in [4.69, 9.17) is 0 Å². The number of aromatic nitrogens is 2. The molecule has 0 saturated heterocycles. The first-order chi connectivity index (χ1) is 10.1. The van der Waals surface area contributed by atoms with E-state index in [0.717, 1.165) is 18.5 Å². The molecule has 1 aromatic carbocycles. The first-order valence-corrected chi connectivity index (χ1v) is 8.34. The van der Waals surface area contributed by atoms with E-state index >= 15 is 0 Å². The summed E-state index contributed by atoms with van der Waals surface area (Å²) in [6.45, 7) is 1.19. The number of halogens is 1. The number of hydrogen-bond acceptors (Lipinski definition) is 4. The van der Waals surface area contributed by atoms with Crippen LogP contribution in [-0.4, -0.2) is 31.3 Å². The zero-order chi connectivity index (χ0) is 14.9. The second-order valence-electron chi connectivity index (χ2n) is 5.16. The standard InChI is InChI=1S/C14H18N4O2S.ClH/c1-18-10-12(8-16-18)21(19,20)17-9-14-13-5-3-2-4-11(13)6-7-15-14;/h2-5,8,10,14-15,17H,6-7,9H2,1H3;1H. The van der Waals surface area contributed by atoms with E-state index in [1.54, 1.807) is 7.05 Å². The van der Waals surface area contributed by atoms with Crippen LogP contribution in [0.2, 0.25) is 0 Å². The first kappa shape index (κ1) is 17.0. The number of aryl methyl sites for hydroxylation is 1. The Bertz CT molecular complexity index is 745. The number of fused-ring (bicyclic) bond motifs is 1. The summed E-state index contributed by atoms with van der Waals surface area (Å²) in [6, 6.07) is 8.14. The van der Waals surface area contributed by atoms with Crippen molar-refractivity contribution < 1.29 is 8.42 Å². The van der Waals surface area contributed by atoms with Crippen molar-refractivity contribution in [3.05, 3.63) is 47.8 Å². The molecule has 3 rings (SSSR count). The Balaban J connectivity index is 0.00000176. The molecule has 1 atom stereocenters. The molecule has 8 heteroatoms. The lowest BCUT2D eigenvalue weighted by Gasteiger charge is -2.27. The number of nitrogens with zero attached hydrogens (tertiary/aromatic N) is 2. The minimum Gasteiger partial charge on any atom is -0.308 e. The number of hydrogen-bond donors (Lipinski definition) is 2. The molecular weight excluding hydrogens is 324 g/mol. The molecule has 22 heavy (non-hydrogen) atoms. The Morgan fingerprint density at radius 2 is 2.18 bits per heavy atom. The largest absolute Gasteiger partial charge is 0.308 e. The average Bonchev–Trinajstić information content (AvgIpc) is 2.93. The van der Waals surface area contributed by atoms with Crippen molar-refractivity contribution in [1.29, 1.82) is 0 Å². The summed E-state index contributed by atoms with van der Waals surface area (Å²) in [5.41, 5.74) is 2.44. The van der Waals surface area contributed by atoms with Crippen LogP contribution in [0.15, 0.2) is 41.6 Å². The molecule has 0 radical (unpaired) electrons. The molecule has 120 valence electrons. The molecule has 6 nitrogen and oxygen atoms in total. The van der Waals surface area contributed by atoms with Gasteiger partial charge in [0.25, 0.3) is 0 Å². The number of nitrogens with one attached hydrogen (secondary N) is 2. The van der Waals surface area contributed by atoms with Gasteiger partial charge in [0.15, 0.2) is 0 Å². The molecule has 2 aromatic rings. The molecule has 0 spiro atoms. The Hall–Kier alpha value is -1.41. The van der Waals surface area contributed by atoms with Gasteiger partial charge in [0.1, 0.15) is 4.90 Å². The van der Waals surface area contributed by atoms with Crippen LogP contribution in [0.4, 0.5) is 0 Å². The van der Waals surface area contributed by atoms with Gasteiger partial charge in [0, 0.05) is 25.8 Å². The van der Waals surface area contributed by atoms with Crippen molar-refractivity contribution >= 4 is 22.4 Å². The number of benzene rings is 1. The first-order valence-electron chi connectivity index (χ1n) is 6.86. The van der Waals surface area contributed by atoms with Gasteiger partial charge in [-0.3, -0.25) is 4.68 Å². The van der Waals surface area contributed by atoms with Crippen LogP contribution >= 0.6 is 12.4 Å². The summed E-state index contributed by atoms with van der Waals surface area (Å²) in [4.78, 5) is 0.189. The lowest BCUT2D eigenvalue weighted by atomic mass is 9.95. The Morgan fingerprint density at radius 1 is 1.41 bits per heavy atom. The Labute approximate surface area is 136 Å². The van der Waals surface area contributed by atoms with Crippen molar-refractivity contribution in [3.8, 4) is 0 Å². The predicted octanol–water partition coefficient (Wildman–Crippen LogP) is 1.01. The second kappa shape index (κ2) is 6.78. The van der Waals surface area contributed by atoms with Crippen LogP contribution in [0, 0.1) is 0 Å². The maximum absolute atomic E-state index is 12.2. The predicted molar refractivity (Wildman–Crippen MR) is 86.5 cm³/mol. The van der Waals surface area contributed by atoms with Gasteiger partial charge in [0.05, 0.1) is 6.20 Å². The van der Waals surface area contributed by atoms with Crippen molar-refractivity contribution in [2.75, 3.05) is 13.1 Å². The van der Waals surface area contributed by atoms with Crippen LogP contribution in [-0.2, 0) is 23.5 Å². The molecule has 0 amide bonds. The fourth-order valence-corrected chi connectivity index (χ4v) is 3.62. The highest BCUT2D eigenvalue weighted by Gasteiger charge is 2.22. The van der Waals surface area contributed by atoms with Gasteiger partial charge in [0.2, 0.25) is 10.0 Å². The average molecular weight is 343 g/mol. The fraction of sp³-hybridized carbons (Fsp3) is 0.357. The van der Waals surface area contributed by atoms with Crippen molar-refractivity contribution in [3.63, 3.8) is 0 Å². The van der Waals surface area contributed by atoms with Crippen molar-refractivity contribution in [2.45, 2.75) is 17.4 Å². The Kier molecular flexibility index (Phi) is 5.23. The highest BCUT2D eigenvalue weighted by Crippen LogP contribution is 2.22. The summed E-state index contributed by atoms with van der Waals surface area (Å²) in [6.07, 6.45) is 3.82. The Morgan fingerprint density at radius 3 is 2.91 bits per heavy atom. The van der Waals surface area contributed by atoms with E-state index in [1.807, 2.05) is 18.2 Å². The minimum absolute atomic E-state index is 0. The maximum atomic E-state index is 12.2. The summed E-state index contributed by atoms with van der Waals surface area (Å²) < 4.78 is 28.5. The number of sulfonamides is 1. The van der Waals surface area contributed by atoms with E-state index in [9.17, 15) is 8.42 Å². The molecule has 2 heterocycles. The lowest BCUT2D eigenvalue weighted by molar-refractivity contribution is 0.491. The quantitative estimate of drug-likeness (QED) is 0.869. The zero-order valence-electron chi connectivity index (χ0n) is 12.2. The molecule has 0 aliphatic carbocycles. The second-order valence-corrected chi connectivity index (χ2v) is 6.92. The summed E-state index contributed by atoms with van der Waals surface area (Å²) in [5.74, 6) is 0. The van der Waals surface area contributed by atoms with E-state index < -0.39 is 10.0 Å². The van der Waals surface area contributed by atoms with Gasteiger partial charge in [-0.05, 0) is 24.1 Å². The minimum atomic E-state index is -3.51. The van der Waals surface area contributed by atoms with Gasteiger partial charge < -0.3 is 5.32 Å². The molecule has 1 unspecified atom stereocenters. The van der Waals surface area contributed by atoms with Crippen LogP contribution in [0.1, 0.15) is 17.2 Å².